The molecule has 1 aliphatic rings. The van der Waals surface area contributed by atoms with Gasteiger partial charge >= 0.3 is 0 Å². The van der Waals surface area contributed by atoms with Gasteiger partial charge in [-0.3, -0.25) is 4.79 Å². The Bertz CT molecular complexity index is 1050. The highest BCUT2D eigenvalue weighted by Crippen LogP contribution is 2.44. The van der Waals surface area contributed by atoms with Gasteiger partial charge in [-0.2, -0.15) is 0 Å². The van der Waals surface area contributed by atoms with Gasteiger partial charge in [-0.05, 0) is 36.8 Å². The van der Waals surface area contributed by atoms with Crippen LogP contribution in [0.2, 0.25) is 0 Å². The van der Waals surface area contributed by atoms with Crippen LogP contribution in [-0.2, 0) is 9.59 Å². The molecular weight excluding hydrogens is 394 g/mol. The van der Waals surface area contributed by atoms with Crippen LogP contribution in [0.4, 0.5) is 0 Å². The van der Waals surface area contributed by atoms with Crippen LogP contribution >= 0.6 is 0 Å². The Morgan fingerprint density at radius 2 is 1.55 bits per heavy atom. The largest absolute Gasteiger partial charge is 0.550 e. The molecule has 1 N–H and O–H groups in total. The van der Waals surface area contributed by atoms with Gasteiger partial charge in [-0.1, -0.05) is 48.5 Å². The number of nitrogens with one attached hydrogen (secondary N) is 1. The van der Waals surface area contributed by atoms with Gasteiger partial charge in [0.2, 0.25) is 5.91 Å². The number of carboxylic acid groups (broad SMARTS) is 1. The minimum atomic E-state index is -1.24. The van der Waals surface area contributed by atoms with E-state index in [0.717, 1.165) is 11.1 Å². The molecule has 0 radical (unpaired) electrons. The minimum Gasteiger partial charge on any atom is -0.550 e. The van der Waals surface area contributed by atoms with E-state index in [1.54, 1.807) is 24.3 Å². The van der Waals surface area contributed by atoms with E-state index in [2.05, 4.69) is 5.32 Å². The van der Waals surface area contributed by atoms with Crippen LogP contribution in [0.15, 0.2) is 72.8 Å². The first-order chi connectivity index (χ1) is 15.1. The lowest BCUT2D eigenvalue weighted by molar-refractivity contribution is -0.306. The third kappa shape index (κ3) is 4.38. The van der Waals surface area contributed by atoms with E-state index in [0.29, 0.717) is 29.4 Å². The van der Waals surface area contributed by atoms with E-state index < -0.39 is 17.9 Å². The van der Waals surface area contributed by atoms with Crippen molar-refractivity contribution in [3.63, 3.8) is 0 Å². The van der Waals surface area contributed by atoms with Gasteiger partial charge < -0.3 is 24.7 Å². The Hall–Kier alpha value is -3.80. The fraction of sp³-hybridized carbons (Fsp3) is 0.200. The Morgan fingerprint density at radius 1 is 0.968 bits per heavy atom. The zero-order chi connectivity index (χ0) is 21.8. The Labute approximate surface area is 180 Å². The number of benzene rings is 3. The average molecular weight is 416 g/mol. The first kappa shape index (κ1) is 20.5. The molecule has 4 rings (SSSR count). The molecule has 1 aliphatic heterocycles. The fourth-order valence-corrected chi connectivity index (χ4v) is 3.83. The molecule has 6 heteroatoms. The summed E-state index contributed by atoms with van der Waals surface area (Å²) < 4.78 is 11.4. The molecule has 0 bridgehead atoms. The summed E-state index contributed by atoms with van der Waals surface area (Å²) in [7, 11) is 0. The molecule has 0 aliphatic carbocycles. The summed E-state index contributed by atoms with van der Waals surface area (Å²) in [6.07, 6.45) is -0.341. The Kier molecular flexibility index (Phi) is 5.89. The smallest absolute Gasteiger partial charge is 0.232 e. The zero-order valence-corrected chi connectivity index (χ0v) is 17.0. The fourth-order valence-electron chi connectivity index (χ4n) is 3.83. The number of carboxylic acids is 1. The lowest BCUT2D eigenvalue weighted by Crippen LogP contribution is -2.37. The molecule has 0 saturated carbocycles. The van der Waals surface area contributed by atoms with Gasteiger partial charge in [-0.15, -0.1) is 0 Å². The standard InChI is InChI=1S/C25H23NO5/c1-2-30-17-13-11-16(12-14-17)20(15-23(27)28)26-25(29)24-18-7-3-5-9-21(18)31-22-10-6-4-8-19(22)24/h3-14,20,24H,2,15H2,1H3,(H,26,29)(H,27,28)/p-1/t20-/m1/s1. The van der Waals surface area contributed by atoms with Crippen molar-refractivity contribution in [1.82, 2.24) is 5.32 Å². The molecule has 3 aromatic rings. The average Bonchev–Trinajstić information content (AvgIpc) is 2.77. The third-order valence-electron chi connectivity index (χ3n) is 5.22. The van der Waals surface area contributed by atoms with Gasteiger partial charge in [0.25, 0.3) is 0 Å². The molecule has 31 heavy (non-hydrogen) atoms. The molecule has 158 valence electrons. The maximum absolute atomic E-state index is 13.5. The SMILES string of the molecule is CCOc1ccc([C@@H](CC(=O)[O-])NC(=O)C2c3ccccc3Oc3ccccc32)cc1. The molecule has 3 aromatic carbocycles. The van der Waals surface area contributed by atoms with E-state index in [-0.39, 0.29) is 12.3 Å². The second kappa shape index (κ2) is 8.92. The molecule has 6 nitrogen and oxygen atoms in total. The van der Waals surface area contributed by atoms with E-state index in [1.165, 1.54) is 0 Å². The first-order valence-corrected chi connectivity index (χ1v) is 10.2. The van der Waals surface area contributed by atoms with Gasteiger partial charge in [0.1, 0.15) is 17.2 Å². The van der Waals surface area contributed by atoms with Crippen LogP contribution < -0.4 is 19.9 Å². The number of carbonyl (C=O) groups is 2. The molecule has 0 unspecified atom stereocenters. The number of hydrogen-bond donors (Lipinski definition) is 1. The van der Waals surface area contributed by atoms with Gasteiger partial charge in [-0.25, -0.2) is 0 Å². The highest BCUT2D eigenvalue weighted by atomic mass is 16.5. The van der Waals surface area contributed by atoms with Crippen molar-refractivity contribution in [2.45, 2.75) is 25.3 Å². The number of rotatable bonds is 7. The van der Waals surface area contributed by atoms with Crippen LogP contribution in [0.1, 0.15) is 42.0 Å². The van der Waals surface area contributed by atoms with Crippen molar-refractivity contribution >= 4 is 11.9 Å². The number of ether oxygens (including phenoxy) is 2. The van der Waals surface area contributed by atoms with Crippen molar-refractivity contribution in [2.75, 3.05) is 6.61 Å². The van der Waals surface area contributed by atoms with Crippen molar-refractivity contribution < 1.29 is 24.2 Å². The lowest BCUT2D eigenvalue weighted by atomic mass is 9.86. The van der Waals surface area contributed by atoms with E-state index >= 15 is 0 Å². The first-order valence-electron chi connectivity index (χ1n) is 10.2. The molecule has 0 spiro atoms. The van der Waals surface area contributed by atoms with Crippen LogP contribution in [0.3, 0.4) is 0 Å². The van der Waals surface area contributed by atoms with Gasteiger partial charge in [0.05, 0.1) is 18.6 Å². The molecule has 0 aromatic heterocycles. The quantitative estimate of drug-likeness (QED) is 0.638. The Balaban J connectivity index is 1.65. The van der Waals surface area contributed by atoms with Crippen LogP contribution in [-0.4, -0.2) is 18.5 Å². The predicted octanol–water partition coefficient (Wildman–Crippen LogP) is 3.32. The highest BCUT2D eigenvalue weighted by molar-refractivity contribution is 5.90. The van der Waals surface area contributed by atoms with Gasteiger partial charge in [0, 0.05) is 23.5 Å². The number of aliphatic carboxylic acids is 1. The monoisotopic (exact) mass is 416 g/mol. The summed E-state index contributed by atoms with van der Waals surface area (Å²) in [5, 5.41) is 14.3. The summed E-state index contributed by atoms with van der Waals surface area (Å²) >= 11 is 0. The predicted molar refractivity (Wildman–Crippen MR) is 113 cm³/mol. The van der Waals surface area contributed by atoms with Crippen LogP contribution in [0.25, 0.3) is 0 Å². The van der Waals surface area contributed by atoms with Gasteiger partial charge in [0.15, 0.2) is 0 Å². The summed E-state index contributed by atoms with van der Waals surface area (Å²) in [6, 6.07) is 21.0. The molecule has 0 fully saturated rings. The van der Waals surface area contributed by atoms with Crippen molar-refractivity contribution in [3.8, 4) is 17.2 Å². The van der Waals surface area contributed by atoms with E-state index in [1.807, 2.05) is 55.5 Å². The third-order valence-corrected chi connectivity index (χ3v) is 5.22. The van der Waals surface area contributed by atoms with Crippen molar-refractivity contribution in [2.24, 2.45) is 0 Å². The summed E-state index contributed by atoms with van der Waals surface area (Å²) in [6.45, 7) is 2.41. The molecule has 1 heterocycles. The number of amides is 1. The molecular formula is C25H22NO5-. The van der Waals surface area contributed by atoms with Crippen LogP contribution in [0, 0.1) is 0 Å². The molecule has 1 amide bonds. The van der Waals surface area contributed by atoms with Crippen LogP contribution in [0.5, 0.6) is 17.2 Å². The lowest BCUT2D eigenvalue weighted by Gasteiger charge is -2.29. The minimum absolute atomic E-state index is 0.302. The summed E-state index contributed by atoms with van der Waals surface area (Å²) in [4.78, 5) is 24.9. The summed E-state index contributed by atoms with van der Waals surface area (Å²) in [5.74, 6) is -0.266. The molecule has 0 saturated heterocycles. The summed E-state index contributed by atoms with van der Waals surface area (Å²) in [5.41, 5.74) is 2.13. The number of carbonyl (C=O) groups excluding carboxylic acids is 2. The number of para-hydroxylation sites is 2. The van der Waals surface area contributed by atoms with E-state index in [4.69, 9.17) is 9.47 Å². The second-order valence-corrected chi connectivity index (χ2v) is 7.25. The van der Waals surface area contributed by atoms with Crippen molar-refractivity contribution in [3.05, 3.63) is 89.5 Å². The normalized spacial score (nSPS) is 13.3. The topological polar surface area (TPSA) is 87.7 Å². The molecule has 1 atom stereocenters. The number of fused-ring (bicyclic) bond motifs is 2. The number of hydrogen-bond acceptors (Lipinski definition) is 5. The zero-order valence-electron chi connectivity index (χ0n) is 17.0. The van der Waals surface area contributed by atoms with E-state index in [9.17, 15) is 14.7 Å². The maximum atomic E-state index is 13.5. The maximum Gasteiger partial charge on any atom is 0.232 e. The highest BCUT2D eigenvalue weighted by Gasteiger charge is 2.33. The second-order valence-electron chi connectivity index (χ2n) is 7.25. The Morgan fingerprint density at radius 3 is 2.10 bits per heavy atom. The van der Waals surface area contributed by atoms with Crippen molar-refractivity contribution in [1.29, 1.82) is 0 Å².